The van der Waals surface area contributed by atoms with Crippen LogP contribution in [-0.4, -0.2) is 25.2 Å². The molecule has 0 aromatic heterocycles. The molecule has 2 atom stereocenters. The molecule has 0 aliphatic heterocycles. The van der Waals surface area contributed by atoms with Crippen LogP contribution in [0.1, 0.15) is 60.3 Å². The van der Waals surface area contributed by atoms with E-state index in [0.717, 1.165) is 19.3 Å². The average molecular weight is 286 g/mol. The zero-order valence-corrected chi connectivity index (χ0v) is 13.6. The Bertz CT molecular complexity index is 286. The van der Waals surface area contributed by atoms with E-state index in [-0.39, 0.29) is 31.1 Å². The monoisotopic (exact) mass is 286 g/mol. The van der Waals surface area contributed by atoms with Gasteiger partial charge in [-0.1, -0.05) is 41.0 Å². The van der Waals surface area contributed by atoms with E-state index in [2.05, 4.69) is 27.7 Å². The molecular weight excluding hydrogens is 256 g/mol. The van der Waals surface area contributed by atoms with Crippen LogP contribution in [0.4, 0.5) is 0 Å². The summed E-state index contributed by atoms with van der Waals surface area (Å²) in [5.41, 5.74) is 0. The maximum atomic E-state index is 11.6. The Morgan fingerprint density at radius 1 is 1.00 bits per heavy atom. The van der Waals surface area contributed by atoms with Crippen molar-refractivity contribution in [3.63, 3.8) is 0 Å². The second-order valence-corrected chi connectivity index (χ2v) is 5.97. The minimum absolute atomic E-state index is 0.101. The van der Waals surface area contributed by atoms with Gasteiger partial charge in [0.05, 0.1) is 5.92 Å². The predicted molar refractivity (Wildman–Crippen MR) is 79.2 cm³/mol. The molecular formula is C16H30O4. The third-order valence-electron chi connectivity index (χ3n) is 3.36. The fourth-order valence-electron chi connectivity index (χ4n) is 1.88. The molecule has 0 amide bonds. The van der Waals surface area contributed by atoms with Crippen LogP contribution >= 0.6 is 0 Å². The van der Waals surface area contributed by atoms with Crippen LogP contribution in [0.5, 0.6) is 0 Å². The van der Waals surface area contributed by atoms with Crippen molar-refractivity contribution >= 4 is 11.9 Å². The summed E-state index contributed by atoms with van der Waals surface area (Å²) in [4.78, 5) is 23.0. The molecule has 4 nitrogen and oxygen atoms in total. The summed E-state index contributed by atoms with van der Waals surface area (Å²) in [6, 6.07) is 0. The van der Waals surface area contributed by atoms with Crippen LogP contribution in [0.15, 0.2) is 0 Å². The number of rotatable bonds is 10. The first-order valence-corrected chi connectivity index (χ1v) is 7.69. The minimum atomic E-state index is -0.214. The van der Waals surface area contributed by atoms with E-state index in [4.69, 9.17) is 9.47 Å². The van der Waals surface area contributed by atoms with E-state index in [0.29, 0.717) is 18.3 Å². The summed E-state index contributed by atoms with van der Waals surface area (Å²) in [5.74, 6) is 0.482. The zero-order chi connectivity index (χ0) is 15.5. The topological polar surface area (TPSA) is 52.6 Å². The van der Waals surface area contributed by atoms with Crippen LogP contribution in [0, 0.1) is 17.8 Å². The molecule has 0 saturated heterocycles. The van der Waals surface area contributed by atoms with Gasteiger partial charge in [-0.15, -0.1) is 0 Å². The van der Waals surface area contributed by atoms with Gasteiger partial charge in [-0.05, 0) is 24.7 Å². The minimum Gasteiger partial charge on any atom is -0.462 e. The van der Waals surface area contributed by atoms with Gasteiger partial charge in [-0.3, -0.25) is 9.59 Å². The third-order valence-corrected chi connectivity index (χ3v) is 3.36. The van der Waals surface area contributed by atoms with Gasteiger partial charge >= 0.3 is 11.9 Å². The van der Waals surface area contributed by atoms with Crippen molar-refractivity contribution in [2.45, 2.75) is 60.3 Å². The van der Waals surface area contributed by atoms with E-state index >= 15 is 0 Å². The van der Waals surface area contributed by atoms with Crippen molar-refractivity contribution in [1.29, 1.82) is 0 Å². The molecule has 0 radical (unpaired) electrons. The first-order valence-electron chi connectivity index (χ1n) is 7.69. The number of ether oxygens (including phenoxy) is 2. The molecule has 0 aromatic rings. The number of hydrogen-bond acceptors (Lipinski definition) is 4. The van der Waals surface area contributed by atoms with Crippen LogP contribution in [0.25, 0.3) is 0 Å². The quantitative estimate of drug-likeness (QED) is 0.455. The Morgan fingerprint density at radius 2 is 1.60 bits per heavy atom. The first kappa shape index (κ1) is 18.9. The molecule has 0 bridgehead atoms. The number of esters is 2. The number of carbonyl (C=O) groups excluding carboxylic acids is 2. The van der Waals surface area contributed by atoms with Crippen LogP contribution < -0.4 is 0 Å². The molecule has 2 unspecified atom stereocenters. The van der Waals surface area contributed by atoms with E-state index in [1.807, 2.05) is 6.92 Å². The number of carbonyl (C=O) groups is 2. The fraction of sp³-hybridized carbons (Fsp3) is 0.875. The summed E-state index contributed by atoms with van der Waals surface area (Å²) >= 11 is 0. The van der Waals surface area contributed by atoms with Gasteiger partial charge in [-0.2, -0.15) is 0 Å². The summed E-state index contributed by atoms with van der Waals surface area (Å²) < 4.78 is 10.1. The Hall–Kier alpha value is -1.06. The van der Waals surface area contributed by atoms with E-state index < -0.39 is 0 Å². The molecule has 0 fully saturated rings. The molecule has 0 aliphatic carbocycles. The smallest absolute Gasteiger partial charge is 0.308 e. The van der Waals surface area contributed by atoms with Gasteiger partial charge in [0, 0.05) is 6.42 Å². The van der Waals surface area contributed by atoms with Gasteiger partial charge in [0.15, 0.2) is 0 Å². The lowest BCUT2D eigenvalue weighted by atomic mass is 9.99. The summed E-state index contributed by atoms with van der Waals surface area (Å²) in [6.07, 6.45) is 3.17. The Labute approximate surface area is 123 Å². The maximum absolute atomic E-state index is 11.6. The van der Waals surface area contributed by atoms with Crippen LogP contribution in [-0.2, 0) is 19.1 Å². The van der Waals surface area contributed by atoms with Crippen LogP contribution in [0.2, 0.25) is 0 Å². The molecule has 0 aromatic carbocycles. The summed E-state index contributed by atoms with van der Waals surface area (Å²) in [7, 11) is 0. The van der Waals surface area contributed by atoms with Crippen molar-refractivity contribution in [3.8, 4) is 0 Å². The van der Waals surface area contributed by atoms with E-state index in [9.17, 15) is 9.59 Å². The largest absolute Gasteiger partial charge is 0.462 e. The lowest BCUT2D eigenvalue weighted by molar-refractivity contribution is -0.155. The van der Waals surface area contributed by atoms with Gasteiger partial charge in [0.1, 0.15) is 13.2 Å². The highest BCUT2D eigenvalue weighted by Gasteiger charge is 2.15. The SMILES string of the molecule is CCC(C)CCC(=O)OCCOC(=O)C(C)CC(C)C. The third kappa shape index (κ3) is 9.82. The van der Waals surface area contributed by atoms with Crippen molar-refractivity contribution in [3.05, 3.63) is 0 Å². The standard InChI is InChI=1S/C16H30O4/c1-6-13(4)7-8-15(17)19-9-10-20-16(18)14(5)11-12(2)3/h12-14H,6-11H2,1-5H3. The fourth-order valence-corrected chi connectivity index (χ4v) is 1.88. The Morgan fingerprint density at radius 3 is 2.15 bits per heavy atom. The maximum Gasteiger partial charge on any atom is 0.308 e. The highest BCUT2D eigenvalue weighted by molar-refractivity contribution is 5.72. The molecule has 0 N–H and O–H groups in total. The van der Waals surface area contributed by atoms with Crippen LogP contribution in [0.3, 0.4) is 0 Å². The predicted octanol–water partition coefficient (Wildman–Crippen LogP) is 3.58. The lowest BCUT2D eigenvalue weighted by Crippen LogP contribution is -2.20. The summed E-state index contributed by atoms with van der Waals surface area (Å²) in [5, 5.41) is 0. The molecule has 0 rings (SSSR count). The van der Waals surface area contributed by atoms with Gasteiger partial charge in [0.25, 0.3) is 0 Å². The molecule has 20 heavy (non-hydrogen) atoms. The van der Waals surface area contributed by atoms with E-state index in [1.54, 1.807) is 0 Å². The Balaban J connectivity index is 3.65. The molecule has 118 valence electrons. The Kier molecular flexibility index (Phi) is 10.1. The second-order valence-electron chi connectivity index (χ2n) is 5.97. The van der Waals surface area contributed by atoms with Crippen molar-refractivity contribution in [2.24, 2.45) is 17.8 Å². The molecule has 4 heteroatoms. The van der Waals surface area contributed by atoms with Gasteiger partial charge in [0.2, 0.25) is 0 Å². The first-order chi connectivity index (χ1) is 9.36. The lowest BCUT2D eigenvalue weighted by Gasteiger charge is -2.13. The normalized spacial score (nSPS) is 13.9. The highest BCUT2D eigenvalue weighted by Crippen LogP contribution is 2.12. The van der Waals surface area contributed by atoms with E-state index in [1.165, 1.54) is 0 Å². The highest BCUT2D eigenvalue weighted by atomic mass is 16.6. The average Bonchev–Trinajstić information content (AvgIpc) is 2.39. The van der Waals surface area contributed by atoms with Gasteiger partial charge < -0.3 is 9.47 Å². The van der Waals surface area contributed by atoms with Gasteiger partial charge in [-0.25, -0.2) is 0 Å². The molecule has 0 spiro atoms. The molecule has 0 saturated carbocycles. The van der Waals surface area contributed by atoms with Crippen molar-refractivity contribution in [1.82, 2.24) is 0 Å². The molecule has 0 heterocycles. The van der Waals surface area contributed by atoms with Crippen molar-refractivity contribution in [2.75, 3.05) is 13.2 Å². The second kappa shape index (κ2) is 10.7. The number of hydrogen-bond donors (Lipinski definition) is 0. The zero-order valence-electron chi connectivity index (χ0n) is 13.6. The summed E-state index contributed by atoms with van der Waals surface area (Å²) in [6.45, 7) is 10.5. The molecule has 0 aliphatic rings. The van der Waals surface area contributed by atoms with Crippen molar-refractivity contribution < 1.29 is 19.1 Å².